The van der Waals surface area contributed by atoms with Crippen LogP contribution in [0.3, 0.4) is 0 Å². The van der Waals surface area contributed by atoms with Crippen LogP contribution in [0.25, 0.3) is 0 Å². The van der Waals surface area contributed by atoms with Crippen molar-refractivity contribution < 1.29 is 19.1 Å². The zero-order valence-corrected chi connectivity index (χ0v) is 12.8. The Kier molecular flexibility index (Phi) is 5.14. The van der Waals surface area contributed by atoms with E-state index in [1.165, 1.54) is 6.92 Å². The lowest BCUT2D eigenvalue weighted by atomic mass is 10.2. The number of esters is 1. The first-order chi connectivity index (χ1) is 11.0. The molecule has 7 nitrogen and oxygen atoms in total. The molecular weight excluding hydrogens is 298 g/mol. The lowest BCUT2D eigenvalue weighted by Crippen LogP contribution is -2.21. The number of hydrogen-bond donors (Lipinski definition) is 2. The van der Waals surface area contributed by atoms with Crippen LogP contribution in [-0.2, 0) is 21.4 Å². The van der Waals surface area contributed by atoms with E-state index in [1.807, 2.05) is 0 Å². The van der Waals surface area contributed by atoms with Gasteiger partial charge in [0, 0.05) is 31.5 Å². The van der Waals surface area contributed by atoms with Crippen LogP contribution < -0.4 is 10.6 Å². The van der Waals surface area contributed by atoms with Crippen LogP contribution >= 0.6 is 0 Å². The summed E-state index contributed by atoms with van der Waals surface area (Å²) in [4.78, 5) is 34.5. The van der Waals surface area contributed by atoms with Crippen molar-refractivity contribution in [2.45, 2.75) is 6.92 Å². The van der Waals surface area contributed by atoms with Crippen molar-refractivity contribution in [1.82, 2.24) is 4.57 Å². The number of anilines is 2. The van der Waals surface area contributed by atoms with Gasteiger partial charge in [0.2, 0.25) is 5.91 Å². The third-order valence-corrected chi connectivity index (χ3v) is 2.98. The average Bonchev–Trinajstić information content (AvgIpc) is 2.92. The summed E-state index contributed by atoms with van der Waals surface area (Å²) < 4.78 is 6.56. The lowest BCUT2D eigenvalue weighted by Gasteiger charge is -2.08. The van der Waals surface area contributed by atoms with E-state index >= 15 is 0 Å². The van der Waals surface area contributed by atoms with Gasteiger partial charge in [0.15, 0.2) is 6.61 Å². The number of hydrogen-bond acceptors (Lipinski definition) is 4. The number of amides is 2. The number of carbonyl (C=O) groups excluding carboxylic acids is 3. The fourth-order valence-corrected chi connectivity index (χ4v) is 1.92. The third-order valence-electron chi connectivity index (χ3n) is 2.98. The molecule has 1 aromatic heterocycles. The number of benzene rings is 1. The first kappa shape index (κ1) is 16.3. The highest BCUT2D eigenvalue weighted by Gasteiger charge is 2.12. The van der Waals surface area contributed by atoms with Gasteiger partial charge in [-0.25, -0.2) is 4.79 Å². The van der Waals surface area contributed by atoms with Gasteiger partial charge in [-0.15, -0.1) is 0 Å². The molecule has 0 unspecified atom stereocenters. The lowest BCUT2D eigenvalue weighted by molar-refractivity contribution is -0.119. The molecule has 2 N–H and O–H groups in total. The standard InChI is InChI=1S/C16H17N3O4/c1-11(20)17-12-5-7-13(8-6-12)18-15(21)10-23-16(22)14-4-3-9-19(14)2/h3-9H,10H2,1-2H3,(H,17,20)(H,18,21). The van der Waals surface area contributed by atoms with Gasteiger partial charge in [0.05, 0.1) is 0 Å². The monoisotopic (exact) mass is 315 g/mol. The molecule has 7 heteroatoms. The minimum atomic E-state index is -0.561. The van der Waals surface area contributed by atoms with Crippen molar-refractivity contribution in [3.63, 3.8) is 0 Å². The van der Waals surface area contributed by atoms with Gasteiger partial charge < -0.3 is 19.9 Å². The Bertz CT molecular complexity index is 719. The Morgan fingerprint density at radius 2 is 1.65 bits per heavy atom. The van der Waals surface area contributed by atoms with Gasteiger partial charge in [-0.05, 0) is 36.4 Å². The molecule has 0 saturated carbocycles. The van der Waals surface area contributed by atoms with Gasteiger partial charge in [-0.2, -0.15) is 0 Å². The second kappa shape index (κ2) is 7.26. The Labute approximate surface area is 133 Å². The van der Waals surface area contributed by atoms with E-state index in [1.54, 1.807) is 54.2 Å². The Morgan fingerprint density at radius 1 is 1.04 bits per heavy atom. The first-order valence-corrected chi connectivity index (χ1v) is 6.91. The molecule has 120 valence electrons. The largest absolute Gasteiger partial charge is 0.451 e. The topological polar surface area (TPSA) is 89.4 Å². The molecular formula is C16H17N3O4. The quantitative estimate of drug-likeness (QED) is 0.823. The second-order valence-electron chi connectivity index (χ2n) is 4.89. The highest BCUT2D eigenvalue weighted by Crippen LogP contribution is 2.13. The summed E-state index contributed by atoms with van der Waals surface area (Å²) in [6.45, 7) is 1.04. The highest BCUT2D eigenvalue weighted by molar-refractivity contribution is 5.95. The molecule has 2 amide bonds. The molecule has 0 aliphatic carbocycles. The normalized spacial score (nSPS) is 10.0. The molecule has 0 radical (unpaired) electrons. The molecule has 23 heavy (non-hydrogen) atoms. The van der Waals surface area contributed by atoms with E-state index in [9.17, 15) is 14.4 Å². The molecule has 0 aliphatic rings. The maximum absolute atomic E-state index is 11.8. The predicted molar refractivity (Wildman–Crippen MR) is 85.1 cm³/mol. The summed E-state index contributed by atoms with van der Waals surface area (Å²) in [6, 6.07) is 9.93. The molecule has 1 aromatic carbocycles. The summed E-state index contributed by atoms with van der Waals surface area (Å²) in [5.41, 5.74) is 1.54. The maximum Gasteiger partial charge on any atom is 0.355 e. The van der Waals surface area contributed by atoms with Crippen molar-refractivity contribution in [1.29, 1.82) is 0 Å². The fraction of sp³-hybridized carbons (Fsp3) is 0.188. The second-order valence-corrected chi connectivity index (χ2v) is 4.89. The van der Waals surface area contributed by atoms with Gasteiger partial charge >= 0.3 is 5.97 Å². The number of nitrogens with one attached hydrogen (secondary N) is 2. The first-order valence-electron chi connectivity index (χ1n) is 6.91. The van der Waals surface area contributed by atoms with E-state index in [4.69, 9.17) is 4.74 Å². The number of ether oxygens (including phenoxy) is 1. The molecule has 0 fully saturated rings. The van der Waals surface area contributed by atoms with Crippen LogP contribution in [0.4, 0.5) is 11.4 Å². The molecule has 0 saturated heterocycles. The molecule has 2 rings (SSSR count). The van der Waals surface area contributed by atoms with Crippen molar-refractivity contribution in [2.75, 3.05) is 17.2 Å². The van der Waals surface area contributed by atoms with Crippen LogP contribution in [0.15, 0.2) is 42.6 Å². The summed E-state index contributed by atoms with van der Waals surface area (Å²) in [5, 5.41) is 5.23. The molecule has 0 aliphatic heterocycles. The van der Waals surface area contributed by atoms with Gasteiger partial charge in [-0.1, -0.05) is 0 Å². The van der Waals surface area contributed by atoms with E-state index in [0.29, 0.717) is 17.1 Å². The molecule has 0 bridgehead atoms. The number of rotatable bonds is 5. The number of nitrogens with zero attached hydrogens (tertiary/aromatic N) is 1. The molecule has 1 heterocycles. The molecule has 0 atom stereocenters. The van der Waals surface area contributed by atoms with Crippen LogP contribution in [0.1, 0.15) is 17.4 Å². The molecule has 0 spiro atoms. The van der Waals surface area contributed by atoms with Crippen molar-refractivity contribution in [3.8, 4) is 0 Å². The van der Waals surface area contributed by atoms with Crippen molar-refractivity contribution >= 4 is 29.2 Å². The maximum atomic E-state index is 11.8. The highest BCUT2D eigenvalue weighted by atomic mass is 16.5. The van der Waals surface area contributed by atoms with Crippen molar-refractivity contribution in [3.05, 3.63) is 48.3 Å². The summed E-state index contributed by atoms with van der Waals surface area (Å²) in [7, 11) is 1.72. The predicted octanol–water partition coefficient (Wildman–Crippen LogP) is 1.78. The Morgan fingerprint density at radius 3 is 2.17 bits per heavy atom. The zero-order chi connectivity index (χ0) is 16.8. The van der Waals surface area contributed by atoms with E-state index in [-0.39, 0.29) is 12.5 Å². The minimum absolute atomic E-state index is 0.172. The molecule has 2 aromatic rings. The SMILES string of the molecule is CC(=O)Nc1ccc(NC(=O)COC(=O)c2cccn2C)cc1. The van der Waals surface area contributed by atoms with Gasteiger partial charge in [0.1, 0.15) is 5.69 Å². The fourth-order valence-electron chi connectivity index (χ4n) is 1.92. The Balaban J connectivity index is 1.84. The smallest absolute Gasteiger partial charge is 0.355 e. The summed E-state index contributed by atoms with van der Waals surface area (Å²) >= 11 is 0. The third kappa shape index (κ3) is 4.70. The summed E-state index contributed by atoms with van der Waals surface area (Å²) in [5.74, 6) is -1.18. The van der Waals surface area contributed by atoms with Crippen molar-refractivity contribution in [2.24, 2.45) is 7.05 Å². The minimum Gasteiger partial charge on any atom is -0.451 e. The van der Waals surface area contributed by atoms with Gasteiger partial charge in [-0.3, -0.25) is 9.59 Å². The van der Waals surface area contributed by atoms with Crippen LogP contribution in [0, 0.1) is 0 Å². The average molecular weight is 315 g/mol. The van der Waals surface area contributed by atoms with Crippen LogP contribution in [-0.4, -0.2) is 29.0 Å². The Hall–Kier alpha value is -3.09. The van der Waals surface area contributed by atoms with Crippen LogP contribution in [0.5, 0.6) is 0 Å². The van der Waals surface area contributed by atoms with Crippen LogP contribution in [0.2, 0.25) is 0 Å². The number of carbonyl (C=O) groups is 3. The van der Waals surface area contributed by atoms with Gasteiger partial charge in [0.25, 0.3) is 5.91 Å². The number of aromatic nitrogens is 1. The van der Waals surface area contributed by atoms with E-state index in [0.717, 1.165) is 0 Å². The zero-order valence-electron chi connectivity index (χ0n) is 12.8. The van der Waals surface area contributed by atoms with E-state index in [2.05, 4.69) is 10.6 Å². The number of aryl methyl sites for hydroxylation is 1. The summed E-state index contributed by atoms with van der Waals surface area (Å²) in [6.07, 6.45) is 1.72. The van der Waals surface area contributed by atoms with E-state index < -0.39 is 11.9 Å².